The Morgan fingerprint density at radius 3 is 2.48 bits per heavy atom. The van der Waals surface area contributed by atoms with Crippen molar-refractivity contribution in [2.45, 2.75) is 13.8 Å². The topological polar surface area (TPSA) is 38.4 Å². The van der Waals surface area contributed by atoms with Gasteiger partial charge < -0.3 is 5.73 Å². The number of rotatable bonds is 6. The van der Waals surface area contributed by atoms with Crippen molar-refractivity contribution in [3.63, 3.8) is 0 Å². The molecular formula is C23H24N2. The first-order chi connectivity index (χ1) is 12.1. The summed E-state index contributed by atoms with van der Waals surface area (Å²) in [6.07, 6.45) is 7.66. The number of benzene rings is 2. The summed E-state index contributed by atoms with van der Waals surface area (Å²) in [5.74, 6) is 0. The van der Waals surface area contributed by atoms with E-state index >= 15 is 0 Å². The minimum Gasteiger partial charge on any atom is -0.397 e. The quantitative estimate of drug-likeness (QED) is 0.391. The van der Waals surface area contributed by atoms with Gasteiger partial charge in [-0.3, -0.25) is 0 Å². The van der Waals surface area contributed by atoms with Gasteiger partial charge in [-0.15, -0.1) is 0 Å². The van der Waals surface area contributed by atoms with Crippen LogP contribution >= 0.6 is 0 Å². The molecule has 0 amide bonds. The second kappa shape index (κ2) is 8.65. The highest BCUT2D eigenvalue weighted by Gasteiger charge is 2.12. The average Bonchev–Trinajstić information content (AvgIpc) is 2.62. The smallest absolute Gasteiger partial charge is 0.0869 e. The van der Waals surface area contributed by atoms with Gasteiger partial charge in [0.1, 0.15) is 0 Å². The molecule has 2 nitrogen and oxygen atoms in total. The third-order valence-corrected chi connectivity index (χ3v) is 3.74. The molecule has 0 aliphatic rings. The number of anilines is 1. The molecule has 0 saturated carbocycles. The van der Waals surface area contributed by atoms with Gasteiger partial charge in [0.2, 0.25) is 0 Å². The van der Waals surface area contributed by atoms with Gasteiger partial charge in [0, 0.05) is 11.1 Å². The molecule has 0 aromatic heterocycles. The fraction of sp³-hybridized carbons (Fsp3) is 0.0870. The van der Waals surface area contributed by atoms with Crippen LogP contribution in [-0.2, 0) is 0 Å². The van der Waals surface area contributed by atoms with Crippen LogP contribution in [-0.4, -0.2) is 5.71 Å². The summed E-state index contributed by atoms with van der Waals surface area (Å²) in [4.78, 5) is 4.86. The fourth-order valence-electron chi connectivity index (χ4n) is 2.47. The van der Waals surface area contributed by atoms with Gasteiger partial charge in [0.25, 0.3) is 0 Å². The summed E-state index contributed by atoms with van der Waals surface area (Å²) < 4.78 is 0. The van der Waals surface area contributed by atoms with Crippen LogP contribution in [0.2, 0.25) is 0 Å². The minimum absolute atomic E-state index is 0.641. The summed E-state index contributed by atoms with van der Waals surface area (Å²) in [7, 11) is 0. The highest BCUT2D eigenvalue weighted by molar-refractivity contribution is 6.33. The molecule has 0 atom stereocenters. The van der Waals surface area contributed by atoms with E-state index in [1.807, 2.05) is 80.6 Å². The van der Waals surface area contributed by atoms with Crippen LogP contribution in [0, 0.1) is 6.92 Å². The summed E-state index contributed by atoms with van der Waals surface area (Å²) in [5, 5.41) is 0. The Morgan fingerprint density at radius 2 is 1.84 bits per heavy atom. The lowest BCUT2D eigenvalue weighted by atomic mass is 9.96. The molecule has 0 radical (unpaired) electrons. The number of hydrogen-bond acceptors (Lipinski definition) is 2. The molecule has 0 heterocycles. The van der Waals surface area contributed by atoms with E-state index in [-0.39, 0.29) is 0 Å². The predicted molar refractivity (Wildman–Crippen MR) is 111 cm³/mol. The van der Waals surface area contributed by atoms with E-state index < -0.39 is 0 Å². The Kier molecular flexibility index (Phi) is 6.30. The molecule has 2 heteroatoms. The van der Waals surface area contributed by atoms with Crippen LogP contribution in [0.25, 0.3) is 5.57 Å². The molecule has 0 aliphatic carbocycles. The highest BCUT2D eigenvalue weighted by Crippen LogP contribution is 2.28. The first kappa shape index (κ1) is 18.2. The highest BCUT2D eigenvalue weighted by atomic mass is 14.8. The van der Waals surface area contributed by atoms with E-state index in [1.54, 1.807) is 6.08 Å². The number of hydrogen-bond donors (Lipinski definition) is 1. The zero-order valence-electron chi connectivity index (χ0n) is 14.9. The zero-order valence-corrected chi connectivity index (χ0v) is 14.9. The van der Waals surface area contributed by atoms with Gasteiger partial charge in [-0.05, 0) is 37.1 Å². The number of nitrogen functional groups attached to an aromatic ring is 1. The first-order valence-corrected chi connectivity index (χ1v) is 8.22. The minimum atomic E-state index is 0.641. The maximum absolute atomic E-state index is 6.13. The molecule has 2 N–H and O–H groups in total. The molecule has 0 fully saturated rings. The summed E-state index contributed by atoms with van der Waals surface area (Å²) in [5.41, 5.74) is 12.2. The molecule has 0 aliphatic heterocycles. The Hall–Kier alpha value is -3.13. The molecule has 2 rings (SSSR count). The Balaban J connectivity index is 2.65. The molecule has 2 aromatic carbocycles. The molecule has 2 aromatic rings. The van der Waals surface area contributed by atoms with Gasteiger partial charge >= 0.3 is 0 Å². The van der Waals surface area contributed by atoms with Crippen molar-refractivity contribution in [2.75, 3.05) is 5.73 Å². The van der Waals surface area contributed by atoms with Gasteiger partial charge in [0.05, 0.1) is 17.1 Å². The normalized spacial score (nSPS) is 12.4. The van der Waals surface area contributed by atoms with Crippen LogP contribution < -0.4 is 5.73 Å². The molecule has 0 unspecified atom stereocenters. The van der Waals surface area contributed by atoms with Crippen LogP contribution in [0.15, 0.2) is 96.6 Å². The largest absolute Gasteiger partial charge is 0.397 e. The van der Waals surface area contributed by atoms with Crippen LogP contribution in [0.3, 0.4) is 0 Å². The average molecular weight is 328 g/mol. The van der Waals surface area contributed by atoms with E-state index in [4.69, 9.17) is 10.7 Å². The van der Waals surface area contributed by atoms with Crippen molar-refractivity contribution in [2.24, 2.45) is 4.99 Å². The van der Waals surface area contributed by atoms with E-state index in [1.165, 1.54) is 0 Å². The van der Waals surface area contributed by atoms with E-state index in [9.17, 15) is 0 Å². The zero-order chi connectivity index (χ0) is 18.2. The van der Waals surface area contributed by atoms with Crippen molar-refractivity contribution in [1.29, 1.82) is 0 Å². The van der Waals surface area contributed by atoms with Crippen LogP contribution in [0.1, 0.15) is 18.1 Å². The lowest BCUT2D eigenvalue weighted by Crippen LogP contribution is -2.04. The van der Waals surface area contributed by atoms with Crippen molar-refractivity contribution >= 4 is 22.7 Å². The van der Waals surface area contributed by atoms with Crippen molar-refractivity contribution in [1.82, 2.24) is 0 Å². The Morgan fingerprint density at radius 1 is 1.12 bits per heavy atom. The molecule has 0 bridgehead atoms. The van der Waals surface area contributed by atoms with E-state index in [0.29, 0.717) is 5.69 Å². The van der Waals surface area contributed by atoms with Crippen molar-refractivity contribution in [3.05, 3.63) is 103 Å². The van der Waals surface area contributed by atoms with Crippen molar-refractivity contribution in [3.8, 4) is 0 Å². The number of aryl methyl sites for hydroxylation is 1. The number of allylic oxidation sites excluding steroid dienone is 6. The molecule has 0 spiro atoms. The number of nitrogens with two attached hydrogens (primary N) is 1. The third-order valence-electron chi connectivity index (χ3n) is 3.74. The SMILES string of the molecule is C=C/C=C(\C=C/C)C(=N/c1cc(C)ccc1N)/C(=C)c1ccccc1. The van der Waals surface area contributed by atoms with E-state index in [0.717, 1.165) is 33.7 Å². The fourth-order valence-corrected chi connectivity index (χ4v) is 2.47. The second-order valence-corrected chi connectivity index (χ2v) is 5.72. The number of nitrogens with zero attached hydrogens (tertiary/aromatic N) is 1. The maximum Gasteiger partial charge on any atom is 0.0869 e. The third kappa shape index (κ3) is 4.67. The van der Waals surface area contributed by atoms with Crippen LogP contribution in [0.4, 0.5) is 11.4 Å². The van der Waals surface area contributed by atoms with Gasteiger partial charge in [-0.2, -0.15) is 0 Å². The molecule has 126 valence electrons. The standard InChI is InChI=1S/C23H24N2/c1-5-10-20(11-6-2)23(18(4)19-12-8-7-9-13-19)25-22-16-17(3)14-15-21(22)24/h5-16H,1,4,24H2,2-3H3/b11-6-,20-10+,25-23+. The number of aliphatic imine (C=N–C) groups is 1. The summed E-state index contributed by atoms with van der Waals surface area (Å²) >= 11 is 0. The lowest BCUT2D eigenvalue weighted by Gasteiger charge is -2.13. The molecule has 25 heavy (non-hydrogen) atoms. The first-order valence-electron chi connectivity index (χ1n) is 8.22. The van der Waals surface area contributed by atoms with Gasteiger partial charge in [-0.25, -0.2) is 4.99 Å². The Labute approximate surface area is 150 Å². The van der Waals surface area contributed by atoms with Gasteiger partial charge in [0.15, 0.2) is 0 Å². The maximum atomic E-state index is 6.13. The Bertz CT molecular complexity index is 853. The summed E-state index contributed by atoms with van der Waals surface area (Å²) in [6.45, 7) is 12.1. The van der Waals surface area contributed by atoms with Gasteiger partial charge in [-0.1, -0.05) is 73.9 Å². The summed E-state index contributed by atoms with van der Waals surface area (Å²) in [6, 6.07) is 15.9. The lowest BCUT2D eigenvalue weighted by molar-refractivity contribution is 1.42. The predicted octanol–water partition coefficient (Wildman–Crippen LogP) is 6.05. The second-order valence-electron chi connectivity index (χ2n) is 5.72. The molecular weight excluding hydrogens is 304 g/mol. The molecule has 0 saturated heterocycles. The van der Waals surface area contributed by atoms with Crippen LogP contribution in [0.5, 0.6) is 0 Å². The monoisotopic (exact) mass is 328 g/mol. The van der Waals surface area contributed by atoms with Crippen molar-refractivity contribution < 1.29 is 0 Å². The van der Waals surface area contributed by atoms with E-state index in [2.05, 4.69) is 13.2 Å².